The van der Waals surface area contributed by atoms with Crippen molar-refractivity contribution in [1.29, 1.82) is 0 Å². The van der Waals surface area contributed by atoms with Gasteiger partial charge in [-0.25, -0.2) is 0 Å². The molecular formula is C25H32IN5O3. The van der Waals surface area contributed by atoms with E-state index in [9.17, 15) is 14.4 Å². The number of rotatable bonds is 7. The van der Waals surface area contributed by atoms with E-state index < -0.39 is 0 Å². The average Bonchev–Trinajstić information content (AvgIpc) is 3.59. The van der Waals surface area contributed by atoms with Gasteiger partial charge in [0, 0.05) is 46.2 Å². The molecule has 9 heteroatoms. The Kier molecular flexibility index (Phi) is 7.59. The molecule has 34 heavy (non-hydrogen) atoms. The number of amides is 3. The van der Waals surface area contributed by atoms with Gasteiger partial charge in [0.1, 0.15) is 0 Å². The predicted molar refractivity (Wildman–Crippen MR) is 139 cm³/mol. The number of imide groups is 1. The second-order valence-corrected chi connectivity index (χ2v) is 9.38. The summed E-state index contributed by atoms with van der Waals surface area (Å²) < 4.78 is 0. The van der Waals surface area contributed by atoms with Gasteiger partial charge in [-0.15, -0.1) is 24.0 Å². The summed E-state index contributed by atoms with van der Waals surface area (Å²) in [5, 5.41) is 6.39. The van der Waals surface area contributed by atoms with Crippen LogP contribution in [0.5, 0.6) is 0 Å². The van der Waals surface area contributed by atoms with E-state index >= 15 is 0 Å². The minimum atomic E-state index is -0.147. The van der Waals surface area contributed by atoms with Gasteiger partial charge in [-0.05, 0) is 35.8 Å². The van der Waals surface area contributed by atoms with Crippen molar-refractivity contribution in [3.8, 4) is 0 Å². The minimum absolute atomic E-state index is 0. The lowest BCUT2D eigenvalue weighted by molar-refractivity contribution is -0.140. The molecule has 1 saturated heterocycles. The van der Waals surface area contributed by atoms with Crippen LogP contribution >= 0.6 is 24.0 Å². The third-order valence-electron chi connectivity index (χ3n) is 7.47. The first-order chi connectivity index (χ1) is 16.1. The van der Waals surface area contributed by atoms with Crippen molar-refractivity contribution in [2.45, 2.75) is 32.4 Å². The number of carbonyl (C=O) groups excluding carboxylic acids is 3. The number of fused-ring (bicyclic) bond motifs is 6. The van der Waals surface area contributed by atoms with Gasteiger partial charge in [-0.1, -0.05) is 36.4 Å². The third kappa shape index (κ3) is 4.58. The standard InChI is InChI=1S/C25H31N5O3.HI/c1-26-25(27-10-4-7-20(31)29-14-18-5-2-3-6-19(18)15-29)28-11-12-30-23(32)21-16-8-9-17(13-16)22(21)24(30)33;/h2-3,5-6,8-9,16-17,21-22H,4,7,10-15H2,1H3,(H2,26,27,28);1H. The molecule has 2 N–H and O–H groups in total. The highest BCUT2D eigenvalue weighted by atomic mass is 127. The number of allylic oxidation sites excluding steroid dienone is 2. The van der Waals surface area contributed by atoms with Crippen LogP contribution in [-0.4, -0.2) is 60.2 Å². The number of carbonyl (C=O) groups is 3. The molecular weight excluding hydrogens is 545 g/mol. The van der Waals surface area contributed by atoms with Crippen LogP contribution in [-0.2, 0) is 27.5 Å². The quantitative estimate of drug-likeness (QED) is 0.129. The van der Waals surface area contributed by atoms with Gasteiger partial charge in [0.25, 0.3) is 0 Å². The number of guanidine groups is 1. The molecule has 1 aromatic carbocycles. The molecule has 0 spiro atoms. The van der Waals surface area contributed by atoms with Crippen molar-refractivity contribution >= 4 is 47.7 Å². The molecule has 2 heterocycles. The molecule has 3 amide bonds. The topological polar surface area (TPSA) is 94.1 Å². The molecule has 1 saturated carbocycles. The summed E-state index contributed by atoms with van der Waals surface area (Å²) in [5.41, 5.74) is 2.46. The molecule has 182 valence electrons. The second kappa shape index (κ2) is 10.5. The number of benzene rings is 1. The van der Waals surface area contributed by atoms with E-state index in [2.05, 4.69) is 39.9 Å². The van der Waals surface area contributed by atoms with Crippen LogP contribution in [0.4, 0.5) is 0 Å². The van der Waals surface area contributed by atoms with E-state index in [-0.39, 0.29) is 65.4 Å². The van der Waals surface area contributed by atoms with E-state index in [1.54, 1.807) is 7.05 Å². The fraction of sp³-hybridized carbons (Fsp3) is 0.520. The lowest BCUT2D eigenvalue weighted by Crippen LogP contribution is -2.44. The fourth-order valence-electron chi connectivity index (χ4n) is 5.81. The van der Waals surface area contributed by atoms with Crippen molar-refractivity contribution < 1.29 is 14.4 Å². The van der Waals surface area contributed by atoms with Crippen LogP contribution in [0.25, 0.3) is 0 Å². The lowest BCUT2D eigenvalue weighted by atomic mass is 9.85. The summed E-state index contributed by atoms with van der Waals surface area (Å²) in [4.78, 5) is 45.6. The molecule has 2 bridgehead atoms. The number of halogens is 1. The molecule has 8 nitrogen and oxygen atoms in total. The average molecular weight is 577 g/mol. The summed E-state index contributed by atoms with van der Waals surface area (Å²) in [6.07, 6.45) is 6.35. The number of hydrogen-bond acceptors (Lipinski definition) is 4. The Morgan fingerprint density at radius 1 is 1.00 bits per heavy atom. The molecule has 0 aromatic heterocycles. The number of likely N-dealkylation sites (tertiary alicyclic amines) is 1. The van der Waals surface area contributed by atoms with Gasteiger partial charge in [0.2, 0.25) is 17.7 Å². The molecule has 2 aliphatic carbocycles. The largest absolute Gasteiger partial charge is 0.356 e. The van der Waals surface area contributed by atoms with Crippen molar-refractivity contribution in [2.24, 2.45) is 28.7 Å². The van der Waals surface area contributed by atoms with E-state index in [1.807, 2.05) is 17.0 Å². The molecule has 4 unspecified atom stereocenters. The SMILES string of the molecule is CN=C(NCCCC(=O)N1Cc2ccccc2C1)NCCN1C(=O)C2C3C=CC(C3)C2C1=O.I. The summed E-state index contributed by atoms with van der Waals surface area (Å²) in [6, 6.07) is 8.18. The molecule has 2 aliphatic heterocycles. The summed E-state index contributed by atoms with van der Waals surface area (Å²) in [5.74, 6) is 0.913. The van der Waals surface area contributed by atoms with Gasteiger partial charge in [-0.2, -0.15) is 0 Å². The van der Waals surface area contributed by atoms with Crippen molar-refractivity contribution in [3.05, 3.63) is 47.5 Å². The Bertz CT molecular complexity index is 971. The zero-order valence-corrected chi connectivity index (χ0v) is 21.7. The molecule has 4 atom stereocenters. The predicted octanol–water partition coefficient (Wildman–Crippen LogP) is 1.90. The number of aliphatic imine (C=N–C) groups is 1. The van der Waals surface area contributed by atoms with Crippen LogP contribution in [0.15, 0.2) is 41.4 Å². The van der Waals surface area contributed by atoms with Crippen LogP contribution in [0.1, 0.15) is 30.4 Å². The Hall–Kier alpha value is -2.43. The van der Waals surface area contributed by atoms with Crippen LogP contribution in [0.3, 0.4) is 0 Å². The van der Waals surface area contributed by atoms with E-state index in [0.29, 0.717) is 51.5 Å². The van der Waals surface area contributed by atoms with Gasteiger partial charge in [0.05, 0.1) is 11.8 Å². The first-order valence-corrected chi connectivity index (χ1v) is 11.9. The zero-order chi connectivity index (χ0) is 22.9. The maximum absolute atomic E-state index is 12.8. The number of nitrogens with one attached hydrogen (secondary N) is 2. The molecule has 1 aromatic rings. The summed E-state index contributed by atoms with van der Waals surface area (Å²) in [7, 11) is 1.68. The number of nitrogens with zero attached hydrogens (tertiary/aromatic N) is 3. The Balaban J connectivity index is 0.00000274. The first kappa shape index (κ1) is 24.7. The van der Waals surface area contributed by atoms with Crippen LogP contribution < -0.4 is 10.6 Å². The van der Waals surface area contributed by atoms with Gasteiger partial charge in [0.15, 0.2) is 5.96 Å². The van der Waals surface area contributed by atoms with Gasteiger partial charge in [-0.3, -0.25) is 24.3 Å². The zero-order valence-electron chi connectivity index (χ0n) is 19.4. The summed E-state index contributed by atoms with van der Waals surface area (Å²) >= 11 is 0. The summed E-state index contributed by atoms with van der Waals surface area (Å²) in [6.45, 7) is 2.80. The maximum Gasteiger partial charge on any atom is 0.233 e. The van der Waals surface area contributed by atoms with Crippen molar-refractivity contribution in [3.63, 3.8) is 0 Å². The molecule has 0 radical (unpaired) electrons. The number of hydrogen-bond donors (Lipinski definition) is 2. The van der Waals surface area contributed by atoms with Crippen molar-refractivity contribution in [1.82, 2.24) is 20.4 Å². The van der Waals surface area contributed by atoms with E-state index in [4.69, 9.17) is 0 Å². The fourth-order valence-corrected chi connectivity index (χ4v) is 5.81. The van der Waals surface area contributed by atoms with Gasteiger partial charge >= 0.3 is 0 Å². The minimum Gasteiger partial charge on any atom is -0.356 e. The highest BCUT2D eigenvalue weighted by Gasteiger charge is 2.58. The Morgan fingerprint density at radius 3 is 2.18 bits per heavy atom. The second-order valence-electron chi connectivity index (χ2n) is 9.38. The maximum atomic E-state index is 12.8. The van der Waals surface area contributed by atoms with Crippen LogP contribution in [0.2, 0.25) is 0 Å². The first-order valence-electron chi connectivity index (χ1n) is 11.9. The highest BCUT2D eigenvalue weighted by Crippen LogP contribution is 2.52. The monoisotopic (exact) mass is 577 g/mol. The normalized spacial score (nSPS) is 26.6. The lowest BCUT2D eigenvalue weighted by Gasteiger charge is -2.19. The Morgan fingerprint density at radius 2 is 1.59 bits per heavy atom. The molecule has 2 fully saturated rings. The van der Waals surface area contributed by atoms with Gasteiger partial charge < -0.3 is 15.5 Å². The van der Waals surface area contributed by atoms with E-state index in [0.717, 1.165) is 6.42 Å². The van der Waals surface area contributed by atoms with Crippen molar-refractivity contribution in [2.75, 3.05) is 26.7 Å². The molecule has 5 rings (SSSR count). The smallest absolute Gasteiger partial charge is 0.233 e. The highest BCUT2D eigenvalue weighted by molar-refractivity contribution is 14.0. The Labute approximate surface area is 217 Å². The van der Waals surface area contributed by atoms with Crippen LogP contribution in [0, 0.1) is 23.7 Å². The third-order valence-corrected chi connectivity index (χ3v) is 7.47. The van der Waals surface area contributed by atoms with E-state index in [1.165, 1.54) is 16.0 Å². The molecule has 4 aliphatic rings.